The topological polar surface area (TPSA) is 38.3 Å². The summed E-state index contributed by atoms with van der Waals surface area (Å²) in [5.41, 5.74) is -0.0505. The highest BCUT2D eigenvalue weighted by atomic mass is 16.6. The molecule has 16 heavy (non-hydrogen) atoms. The zero-order valence-corrected chi connectivity index (χ0v) is 11.2. The average Bonchev–Trinajstić information content (AvgIpc) is 2.80. The van der Waals surface area contributed by atoms with E-state index in [1.165, 1.54) is 12.8 Å². The van der Waals surface area contributed by atoms with Crippen LogP contribution in [0.15, 0.2) is 0 Å². The minimum absolute atomic E-state index is 0.306. The number of amides is 1. The van der Waals surface area contributed by atoms with Crippen LogP contribution in [0, 0.1) is 11.3 Å². The standard InChI is InChI=1S/C13H25NO2/c1-12(2,3)16-11(15)14-9-8-13(4,5)10-6-7-10/h10H,6-9H2,1-5H3,(H,14,15). The molecule has 0 unspecified atom stereocenters. The second-order valence-corrected chi connectivity index (χ2v) is 6.44. The molecule has 1 rings (SSSR count). The van der Waals surface area contributed by atoms with E-state index in [1.54, 1.807) is 0 Å². The molecule has 0 aromatic heterocycles. The third kappa shape index (κ3) is 4.86. The summed E-state index contributed by atoms with van der Waals surface area (Å²) < 4.78 is 5.18. The lowest BCUT2D eigenvalue weighted by Gasteiger charge is -2.25. The monoisotopic (exact) mass is 227 g/mol. The summed E-state index contributed by atoms with van der Waals surface area (Å²) in [6.45, 7) is 10.9. The lowest BCUT2D eigenvalue weighted by Crippen LogP contribution is -2.34. The summed E-state index contributed by atoms with van der Waals surface area (Å²) in [5, 5.41) is 2.82. The third-order valence-corrected chi connectivity index (χ3v) is 3.12. The van der Waals surface area contributed by atoms with Crippen molar-refractivity contribution in [3.63, 3.8) is 0 Å². The van der Waals surface area contributed by atoms with E-state index in [9.17, 15) is 4.79 Å². The molecule has 3 heteroatoms. The largest absolute Gasteiger partial charge is 0.444 e. The van der Waals surface area contributed by atoms with Gasteiger partial charge in [0.05, 0.1) is 0 Å². The fourth-order valence-corrected chi connectivity index (χ4v) is 1.87. The van der Waals surface area contributed by atoms with Crippen molar-refractivity contribution < 1.29 is 9.53 Å². The molecule has 94 valence electrons. The van der Waals surface area contributed by atoms with Crippen molar-refractivity contribution in [1.82, 2.24) is 5.32 Å². The van der Waals surface area contributed by atoms with E-state index in [0.29, 0.717) is 12.0 Å². The van der Waals surface area contributed by atoms with Gasteiger partial charge < -0.3 is 10.1 Å². The summed E-state index contributed by atoms with van der Waals surface area (Å²) in [6.07, 6.45) is 3.41. The number of hydrogen-bond donors (Lipinski definition) is 1. The smallest absolute Gasteiger partial charge is 0.407 e. The van der Waals surface area contributed by atoms with Gasteiger partial charge in [0.2, 0.25) is 0 Å². The van der Waals surface area contributed by atoms with E-state index in [-0.39, 0.29) is 6.09 Å². The number of alkyl carbamates (subject to hydrolysis) is 1. The Labute approximate surface area is 98.9 Å². The highest BCUT2D eigenvalue weighted by Gasteiger charge is 2.37. The molecule has 1 aliphatic rings. The van der Waals surface area contributed by atoms with Gasteiger partial charge in [-0.2, -0.15) is 0 Å². The summed E-state index contributed by atoms with van der Waals surface area (Å²) in [7, 11) is 0. The molecular weight excluding hydrogens is 202 g/mol. The van der Waals surface area contributed by atoms with Gasteiger partial charge in [-0.25, -0.2) is 4.79 Å². The van der Waals surface area contributed by atoms with Crippen LogP contribution in [0.4, 0.5) is 4.79 Å². The van der Waals surface area contributed by atoms with Gasteiger partial charge in [-0.15, -0.1) is 0 Å². The van der Waals surface area contributed by atoms with Gasteiger partial charge in [0, 0.05) is 6.54 Å². The van der Waals surface area contributed by atoms with Crippen molar-refractivity contribution in [2.45, 2.75) is 59.5 Å². The lowest BCUT2D eigenvalue weighted by molar-refractivity contribution is 0.0520. The molecule has 0 aliphatic heterocycles. The molecule has 3 nitrogen and oxygen atoms in total. The van der Waals surface area contributed by atoms with Crippen molar-refractivity contribution in [1.29, 1.82) is 0 Å². The maximum atomic E-state index is 11.4. The van der Waals surface area contributed by atoms with Gasteiger partial charge in [-0.1, -0.05) is 13.8 Å². The highest BCUT2D eigenvalue weighted by molar-refractivity contribution is 5.67. The maximum absolute atomic E-state index is 11.4. The predicted octanol–water partition coefficient (Wildman–Crippen LogP) is 3.34. The van der Waals surface area contributed by atoms with Gasteiger partial charge in [0.1, 0.15) is 5.60 Å². The molecule has 1 amide bonds. The Morgan fingerprint density at radius 2 is 1.81 bits per heavy atom. The zero-order chi connectivity index (χ0) is 12.4. The quantitative estimate of drug-likeness (QED) is 0.800. The second kappa shape index (κ2) is 4.64. The maximum Gasteiger partial charge on any atom is 0.407 e. The van der Waals surface area contributed by atoms with E-state index >= 15 is 0 Å². The molecule has 0 atom stereocenters. The van der Waals surface area contributed by atoms with E-state index in [2.05, 4.69) is 19.2 Å². The molecule has 0 aromatic rings. The van der Waals surface area contributed by atoms with Crippen LogP contribution in [0.3, 0.4) is 0 Å². The minimum Gasteiger partial charge on any atom is -0.444 e. The zero-order valence-electron chi connectivity index (χ0n) is 11.2. The average molecular weight is 227 g/mol. The van der Waals surface area contributed by atoms with E-state index in [4.69, 9.17) is 4.74 Å². The fraction of sp³-hybridized carbons (Fsp3) is 0.923. The highest BCUT2D eigenvalue weighted by Crippen LogP contribution is 2.46. The van der Waals surface area contributed by atoms with Crippen LogP contribution in [-0.4, -0.2) is 18.2 Å². The Morgan fingerprint density at radius 1 is 1.25 bits per heavy atom. The molecule has 1 aliphatic carbocycles. The van der Waals surface area contributed by atoms with Gasteiger partial charge >= 0.3 is 6.09 Å². The molecule has 0 spiro atoms. The van der Waals surface area contributed by atoms with Crippen LogP contribution < -0.4 is 5.32 Å². The first-order valence-electron chi connectivity index (χ1n) is 6.17. The minimum atomic E-state index is -0.407. The first kappa shape index (κ1) is 13.3. The Balaban J connectivity index is 2.17. The van der Waals surface area contributed by atoms with Crippen molar-refractivity contribution in [2.75, 3.05) is 6.54 Å². The van der Waals surface area contributed by atoms with Crippen molar-refractivity contribution in [3.8, 4) is 0 Å². The summed E-state index contributed by atoms with van der Waals surface area (Å²) >= 11 is 0. The molecule has 0 bridgehead atoms. The van der Waals surface area contributed by atoms with Gasteiger partial charge in [-0.05, 0) is 51.4 Å². The number of nitrogens with one attached hydrogen (secondary N) is 1. The van der Waals surface area contributed by atoms with Crippen LogP contribution >= 0.6 is 0 Å². The van der Waals surface area contributed by atoms with Crippen molar-refractivity contribution in [3.05, 3.63) is 0 Å². The van der Waals surface area contributed by atoms with Crippen LogP contribution in [0.2, 0.25) is 0 Å². The molecule has 1 fully saturated rings. The molecule has 1 N–H and O–H groups in total. The number of carbonyl (C=O) groups is 1. The number of ether oxygens (including phenoxy) is 1. The fourth-order valence-electron chi connectivity index (χ4n) is 1.87. The Kier molecular flexibility index (Phi) is 3.87. The van der Waals surface area contributed by atoms with Crippen molar-refractivity contribution >= 4 is 6.09 Å². The van der Waals surface area contributed by atoms with E-state index in [0.717, 1.165) is 12.3 Å². The first-order valence-corrected chi connectivity index (χ1v) is 6.17. The van der Waals surface area contributed by atoms with E-state index < -0.39 is 5.60 Å². The van der Waals surface area contributed by atoms with Crippen LogP contribution in [0.5, 0.6) is 0 Å². The van der Waals surface area contributed by atoms with Gasteiger partial charge in [0.25, 0.3) is 0 Å². The lowest BCUT2D eigenvalue weighted by atomic mass is 9.84. The van der Waals surface area contributed by atoms with Crippen molar-refractivity contribution in [2.24, 2.45) is 11.3 Å². The van der Waals surface area contributed by atoms with E-state index in [1.807, 2.05) is 20.8 Å². The van der Waals surface area contributed by atoms with Gasteiger partial charge in [-0.3, -0.25) is 0 Å². The number of carbonyl (C=O) groups excluding carboxylic acids is 1. The SMILES string of the molecule is CC(C)(C)OC(=O)NCCC(C)(C)C1CC1. The molecule has 0 radical (unpaired) electrons. The number of rotatable bonds is 4. The van der Waals surface area contributed by atoms with Crippen LogP contribution in [0.25, 0.3) is 0 Å². The number of hydrogen-bond acceptors (Lipinski definition) is 2. The Hall–Kier alpha value is -0.730. The molecule has 1 saturated carbocycles. The predicted molar refractivity (Wildman–Crippen MR) is 65.4 cm³/mol. The first-order chi connectivity index (χ1) is 7.21. The second-order valence-electron chi connectivity index (χ2n) is 6.44. The van der Waals surface area contributed by atoms with Gasteiger partial charge in [0.15, 0.2) is 0 Å². The third-order valence-electron chi connectivity index (χ3n) is 3.12. The molecule has 0 aromatic carbocycles. The summed E-state index contributed by atoms with van der Waals surface area (Å²) in [4.78, 5) is 11.4. The summed E-state index contributed by atoms with van der Waals surface area (Å²) in [5.74, 6) is 0.855. The molecule has 0 saturated heterocycles. The summed E-state index contributed by atoms with van der Waals surface area (Å²) in [6, 6.07) is 0. The Morgan fingerprint density at radius 3 is 2.25 bits per heavy atom. The normalized spacial score (nSPS) is 17.1. The Bertz CT molecular complexity index is 249. The van der Waals surface area contributed by atoms with Crippen LogP contribution in [0.1, 0.15) is 53.9 Å². The van der Waals surface area contributed by atoms with Crippen LogP contribution in [-0.2, 0) is 4.74 Å². The molecule has 0 heterocycles. The molecular formula is C13H25NO2.